The second-order valence-corrected chi connectivity index (χ2v) is 9.93. The Kier molecular flexibility index (Phi) is 6.53. The molecule has 0 aliphatic heterocycles. The summed E-state index contributed by atoms with van der Waals surface area (Å²) < 4.78 is 82.5. The van der Waals surface area contributed by atoms with E-state index in [4.69, 9.17) is 0 Å². The van der Waals surface area contributed by atoms with Crippen LogP contribution in [0, 0.1) is 13.8 Å². The first-order chi connectivity index (χ1) is 17.4. The van der Waals surface area contributed by atoms with E-state index in [0.29, 0.717) is 21.5 Å². The highest BCUT2D eigenvalue weighted by atomic mass is 19.4. The number of hydrogen-bond donors (Lipinski definition) is 1. The maximum atomic E-state index is 13.8. The van der Waals surface area contributed by atoms with Crippen molar-refractivity contribution in [1.29, 1.82) is 0 Å². The van der Waals surface area contributed by atoms with Gasteiger partial charge in [0.25, 0.3) is 5.91 Å². The number of nitrogens with one attached hydrogen (secondary N) is 1. The van der Waals surface area contributed by atoms with Gasteiger partial charge in [0, 0.05) is 11.5 Å². The first kappa shape index (κ1) is 27.1. The number of alkyl halides is 6. The van der Waals surface area contributed by atoms with Gasteiger partial charge in [0.15, 0.2) is 11.3 Å². The molecule has 1 aromatic carbocycles. The van der Waals surface area contributed by atoms with E-state index in [1.165, 1.54) is 16.8 Å². The maximum Gasteiger partial charge on any atom is 0.433 e. The molecule has 0 unspecified atom stereocenters. The summed E-state index contributed by atoms with van der Waals surface area (Å²) in [5, 5.41) is 10.8. The molecule has 4 aromatic rings. The molecule has 0 spiro atoms. The Labute approximate surface area is 213 Å². The van der Waals surface area contributed by atoms with Crippen LogP contribution in [0.25, 0.3) is 5.65 Å². The van der Waals surface area contributed by atoms with E-state index in [9.17, 15) is 31.1 Å². The number of anilines is 1. The van der Waals surface area contributed by atoms with Gasteiger partial charge in [-0.1, -0.05) is 32.9 Å². The molecule has 0 aliphatic carbocycles. The average Bonchev–Trinajstić information content (AvgIpc) is 3.33. The molecule has 0 saturated heterocycles. The molecule has 13 heteroatoms. The number of nitrogens with zero attached hydrogens (tertiary/aromatic N) is 5. The minimum Gasteiger partial charge on any atom is -0.317 e. The van der Waals surface area contributed by atoms with Crippen LogP contribution in [-0.2, 0) is 24.3 Å². The molecule has 38 heavy (non-hydrogen) atoms. The fourth-order valence-corrected chi connectivity index (χ4v) is 3.90. The molecule has 0 atom stereocenters. The highest BCUT2D eigenvalue weighted by Gasteiger charge is 2.37. The van der Waals surface area contributed by atoms with E-state index in [2.05, 4.69) is 20.5 Å². The Morgan fingerprint density at radius 1 is 0.947 bits per heavy atom. The molecule has 0 fully saturated rings. The topological polar surface area (TPSA) is 77.1 Å². The van der Waals surface area contributed by atoms with E-state index in [1.54, 1.807) is 34.6 Å². The monoisotopic (exact) mass is 538 g/mol. The summed E-state index contributed by atoms with van der Waals surface area (Å²) in [4.78, 5) is 17.3. The van der Waals surface area contributed by atoms with Gasteiger partial charge in [0.05, 0.1) is 34.9 Å². The van der Waals surface area contributed by atoms with Crippen LogP contribution in [0.3, 0.4) is 0 Å². The van der Waals surface area contributed by atoms with Crippen LogP contribution in [0.4, 0.5) is 32.0 Å². The normalized spacial score (nSPS) is 12.8. The zero-order valence-corrected chi connectivity index (χ0v) is 21.1. The van der Waals surface area contributed by atoms with Crippen molar-refractivity contribution in [3.63, 3.8) is 0 Å². The third-order valence-electron chi connectivity index (χ3n) is 5.93. The van der Waals surface area contributed by atoms with Crippen LogP contribution < -0.4 is 5.32 Å². The Morgan fingerprint density at radius 3 is 2.24 bits per heavy atom. The molecule has 3 aromatic heterocycles. The molecule has 3 heterocycles. The van der Waals surface area contributed by atoms with E-state index >= 15 is 0 Å². The van der Waals surface area contributed by atoms with Crippen molar-refractivity contribution in [2.75, 3.05) is 5.32 Å². The standard InChI is InChI=1S/C25H24F6N6O/c1-13-21(14(2)36(34-13)12-15-7-6-8-16(9-15)24(26,27)28)33-22(38)17-10-20-32-18(23(3,4)5)11-19(25(29,30)31)37(20)35-17/h6-11H,12H2,1-5H3,(H,33,38). The summed E-state index contributed by atoms with van der Waals surface area (Å²) in [6.45, 7) is 8.38. The van der Waals surface area contributed by atoms with Crippen molar-refractivity contribution < 1.29 is 31.1 Å². The number of hydrogen-bond acceptors (Lipinski definition) is 4. The van der Waals surface area contributed by atoms with Crippen molar-refractivity contribution in [2.45, 2.75) is 58.9 Å². The molecule has 4 rings (SSSR count). The second-order valence-electron chi connectivity index (χ2n) is 9.93. The number of aryl methyl sites for hydroxylation is 1. The van der Waals surface area contributed by atoms with Crippen molar-refractivity contribution in [3.8, 4) is 0 Å². The van der Waals surface area contributed by atoms with E-state index < -0.39 is 34.9 Å². The molecule has 1 N–H and O–H groups in total. The second kappa shape index (κ2) is 9.14. The van der Waals surface area contributed by atoms with Crippen LogP contribution in [0.2, 0.25) is 0 Å². The molecule has 0 saturated carbocycles. The molecular formula is C25H24F6N6O. The largest absolute Gasteiger partial charge is 0.433 e. The van der Waals surface area contributed by atoms with Gasteiger partial charge in [-0.2, -0.15) is 36.5 Å². The highest BCUT2D eigenvalue weighted by Crippen LogP contribution is 2.33. The van der Waals surface area contributed by atoms with Gasteiger partial charge in [0.1, 0.15) is 5.69 Å². The summed E-state index contributed by atoms with van der Waals surface area (Å²) in [5.41, 5.74) is -1.34. The van der Waals surface area contributed by atoms with Crippen LogP contribution >= 0.6 is 0 Å². The van der Waals surface area contributed by atoms with Gasteiger partial charge in [-0.05, 0) is 37.6 Å². The van der Waals surface area contributed by atoms with Gasteiger partial charge in [-0.3, -0.25) is 9.48 Å². The lowest BCUT2D eigenvalue weighted by molar-refractivity contribution is -0.142. The quantitative estimate of drug-likeness (QED) is 0.315. The number of carbonyl (C=O) groups excluding carboxylic acids is 1. The minimum absolute atomic E-state index is 0.00920. The lowest BCUT2D eigenvalue weighted by Crippen LogP contribution is -2.20. The van der Waals surface area contributed by atoms with Crippen molar-refractivity contribution in [3.05, 3.63) is 76.0 Å². The zero-order chi connectivity index (χ0) is 28.2. The Morgan fingerprint density at radius 2 is 1.63 bits per heavy atom. The van der Waals surface area contributed by atoms with E-state index in [-0.39, 0.29) is 29.3 Å². The summed E-state index contributed by atoms with van der Waals surface area (Å²) >= 11 is 0. The van der Waals surface area contributed by atoms with Crippen LogP contribution in [0.15, 0.2) is 36.4 Å². The van der Waals surface area contributed by atoms with Crippen molar-refractivity contribution in [2.24, 2.45) is 0 Å². The Hall–Kier alpha value is -3.90. The third-order valence-corrected chi connectivity index (χ3v) is 5.93. The Balaban J connectivity index is 1.65. The lowest BCUT2D eigenvalue weighted by Gasteiger charge is -2.19. The molecule has 202 valence electrons. The average molecular weight is 538 g/mol. The molecular weight excluding hydrogens is 514 g/mol. The van der Waals surface area contributed by atoms with Crippen LogP contribution in [0.1, 0.15) is 65.2 Å². The Bertz CT molecular complexity index is 1520. The zero-order valence-electron chi connectivity index (χ0n) is 21.1. The molecule has 0 aliphatic rings. The highest BCUT2D eigenvalue weighted by molar-refractivity contribution is 6.04. The number of halogens is 6. The smallest absolute Gasteiger partial charge is 0.317 e. The number of benzene rings is 1. The molecule has 1 amide bonds. The lowest BCUT2D eigenvalue weighted by atomic mass is 9.91. The van der Waals surface area contributed by atoms with Crippen LogP contribution in [0.5, 0.6) is 0 Å². The summed E-state index contributed by atoms with van der Waals surface area (Å²) in [7, 11) is 0. The molecule has 0 bridgehead atoms. The fraction of sp³-hybridized carbons (Fsp3) is 0.360. The summed E-state index contributed by atoms with van der Waals surface area (Å²) in [6.07, 6.45) is -9.23. The minimum atomic E-state index is -4.74. The first-order valence-corrected chi connectivity index (χ1v) is 11.4. The van der Waals surface area contributed by atoms with Crippen LogP contribution in [-0.4, -0.2) is 30.3 Å². The predicted molar refractivity (Wildman–Crippen MR) is 127 cm³/mol. The number of rotatable bonds is 4. The summed E-state index contributed by atoms with van der Waals surface area (Å²) in [6, 6.07) is 6.88. The number of carbonyl (C=O) groups is 1. The van der Waals surface area contributed by atoms with Gasteiger partial charge in [-0.25, -0.2) is 9.50 Å². The van der Waals surface area contributed by atoms with Crippen molar-refractivity contribution >= 4 is 17.2 Å². The number of amides is 1. The SMILES string of the molecule is Cc1nn(Cc2cccc(C(F)(F)F)c2)c(C)c1NC(=O)c1cc2nc(C(C)(C)C)cc(C(F)(F)F)n2n1. The number of aromatic nitrogens is 5. The fourth-order valence-electron chi connectivity index (χ4n) is 3.90. The van der Waals surface area contributed by atoms with E-state index in [1.807, 2.05) is 0 Å². The van der Waals surface area contributed by atoms with Gasteiger partial charge >= 0.3 is 12.4 Å². The predicted octanol–water partition coefficient (Wildman–Crippen LogP) is 6.18. The van der Waals surface area contributed by atoms with Crippen molar-refractivity contribution in [1.82, 2.24) is 24.4 Å². The third kappa shape index (κ3) is 5.36. The number of fused-ring (bicyclic) bond motifs is 1. The molecule has 0 radical (unpaired) electrons. The summed E-state index contributed by atoms with van der Waals surface area (Å²) in [5.74, 6) is -0.786. The first-order valence-electron chi connectivity index (χ1n) is 11.4. The maximum absolute atomic E-state index is 13.8. The van der Waals surface area contributed by atoms with Gasteiger partial charge < -0.3 is 5.32 Å². The van der Waals surface area contributed by atoms with E-state index in [0.717, 1.165) is 24.3 Å². The van der Waals surface area contributed by atoms with Gasteiger partial charge in [0.2, 0.25) is 0 Å². The van der Waals surface area contributed by atoms with Gasteiger partial charge in [-0.15, -0.1) is 0 Å². The molecule has 7 nitrogen and oxygen atoms in total.